The van der Waals surface area contributed by atoms with Gasteiger partial charge in [-0.05, 0) is 35.9 Å². The van der Waals surface area contributed by atoms with Gasteiger partial charge in [-0.1, -0.05) is 23.7 Å². The molecule has 0 aliphatic carbocycles. The van der Waals surface area contributed by atoms with Crippen LogP contribution in [0.2, 0.25) is 5.02 Å². The lowest BCUT2D eigenvalue weighted by Gasteiger charge is -2.35. The first-order valence-electron chi connectivity index (χ1n) is 8.11. The summed E-state index contributed by atoms with van der Waals surface area (Å²) in [6.45, 7) is 0.814. The molecule has 0 bridgehead atoms. The number of nitrogens with zero attached hydrogens (tertiary/aromatic N) is 1. The molecule has 1 saturated heterocycles. The van der Waals surface area contributed by atoms with Crippen molar-refractivity contribution < 1.29 is 19.1 Å². The maximum absolute atomic E-state index is 13.1. The number of nitrogens with one attached hydrogen (secondary N) is 1. The van der Waals surface area contributed by atoms with Crippen molar-refractivity contribution in [3.63, 3.8) is 0 Å². The van der Waals surface area contributed by atoms with E-state index in [1.54, 1.807) is 47.4 Å². The maximum Gasteiger partial charge on any atom is 0.255 e. The second-order valence-corrected chi connectivity index (χ2v) is 6.25. The van der Waals surface area contributed by atoms with Crippen LogP contribution >= 0.6 is 11.6 Å². The highest BCUT2D eigenvalue weighted by molar-refractivity contribution is 6.30. The third-order valence-corrected chi connectivity index (χ3v) is 4.54. The average Bonchev–Trinajstić information content (AvgIpc) is 2.67. The molecule has 136 valence electrons. The van der Waals surface area contributed by atoms with E-state index in [1.165, 1.54) is 14.2 Å². The predicted octanol–water partition coefficient (Wildman–Crippen LogP) is 2.67. The summed E-state index contributed by atoms with van der Waals surface area (Å²) in [5.74, 6) is 0.533. The number of piperazine rings is 1. The second kappa shape index (κ2) is 7.66. The fraction of sp³-hybridized carbons (Fsp3) is 0.263. The number of halogens is 1. The molecule has 1 atom stereocenters. The Morgan fingerprint density at radius 1 is 1.12 bits per heavy atom. The first kappa shape index (κ1) is 18.1. The molecule has 6 nitrogen and oxygen atoms in total. The van der Waals surface area contributed by atoms with Crippen LogP contribution in [-0.4, -0.2) is 44.0 Å². The smallest absolute Gasteiger partial charge is 0.255 e. The molecule has 0 saturated carbocycles. The number of hydrogen-bond acceptors (Lipinski definition) is 4. The predicted molar refractivity (Wildman–Crippen MR) is 97.8 cm³/mol. The van der Waals surface area contributed by atoms with Crippen LogP contribution in [0, 0.1) is 0 Å². The van der Waals surface area contributed by atoms with Gasteiger partial charge in [-0.25, -0.2) is 0 Å². The highest BCUT2D eigenvalue weighted by Crippen LogP contribution is 2.31. The molecule has 3 rings (SSSR count). The van der Waals surface area contributed by atoms with Crippen LogP contribution in [0.1, 0.15) is 22.0 Å². The zero-order chi connectivity index (χ0) is 18.7. The number of carbonyl (C=O) groups excluding carboxylic acids is 2. The molecule has 1 N–H and O–H groups in total. The van der Waals surface area contributed by atoms with E-state index in [4.69, 9.17) is 21.1 Å². The highest BCUT2D eigenvalue weighted by Gasteiger charge is 2.35. The molecule has 1 aliphatic rings. The first-order chi connectivity index (χ1) is 12.5. The molecular formula is C19H19ClN2O4. The molecule has 1 aliphatic heterocycles. The molecular weight excluding hydrogens is 356 g/mol. The van der Waals surface area contributed by atoms with Crippen LogP contribution in [0.15, 0.2) is 42.5 Å². The molecule has 7 heteroatoms. The van der Waals surface area contributed by atoms with Gasteiger partial charge in [-0.15, -0.1) is 0 Å². The summed E-state index contributed by atoms with van der Waals surface area (Å²) >= 11 is 5.94. The standard InChI is InChI=1S/C19H19ClN2O4/c1-25-15-8-5-13(11-16(15)26-2)19(24)22-10-9-21-18(23)17(22)12-3-6-14(20)7-4-12/h3-8,11,17H,9-10H2,1-2H3,(H,21,23). The van der Waals surface area contributed by atoms with Crippen LogP contribution in [0.5, 0.6) is 11.5 Å². The van der Waals surface area contributed by atoms with E-state index in [-0.39, 0.29) is 11.8 Å². The van der Waals surface area contributed by atoms with Crippen molar-refractivity contribution in [1.82, 2.24) is 10.2 Å². The van der Waals surface area contributed by atoms with Gasteiger partial charge in [-0.2, -0.15) is 0 Å². The molecule has 26 heavy (non-hydrogen) atoms. The van der Waals surface area contributed by atoms with Gasteiger partial charge in [0.15, 0.2) is 11.5 Å². The fourth-order valence-corrected chi connectivity index (χ4v) is 3.12. The molecule has 2 aromatic carbocycles. The highest BCUT2D eigenvalue weighted by atomic mass is 35.5. The van der Waals surface area contributed by atoms with E-state index in [0.29, 0.717) is 40.7 Å². The third-order valence-electron chi connectivity index (χ3n) is 4.29. The summed E-state index contributed by atoms with van der Waals surface area (Å²) < 4.78 is 10.5. The van der Waals surface area contributed by atoms with Crippen LogP contribution in [-0.2, 0) is 4.79 Å². The third kappa shape index (κ3) is 3.46. The van der Waals surface area contributed by atoms with Crippen LogP contribution in [0.25, 0.3) is 0 Å². The van der Waals surface area contributed by atoms with E-state index < -0.39 is 6.04 Å². The topological polar surface area (TPSA) is 67.9 Å². The summed E-state index contributed by atoms with van der Waals surface area (Å²) in [7, 11) is 3.04. The summed E-state index contributed by atoms with van der Waals surface area (Å²) in [5, 5.41) is 3.38. The number of benzene rings is 2. The van der Waals surface area contributed by atoms with Crippen molar-refractivity contribution in [1.29, 1.82) is 0 Å². The van der Waals surface area contributed by atoms with Gasteiger partial charge in [0.2, 0.25) is 5.91 Å². The molecule has 1 heterocycles. The largest absolute Gasteiger partial charge is 0.493 e. The summed E-state index contributed by atoms with van der Waals surface area (Å²) in [5.41, 5.74) is 1.14. The van der Waals surface area contributed by atoms with Crippen LogP contribution in [0.3, 0.4) is 0 Å². The number of hydrogen-bond donors (Lipinski definition) is 1. The van der Waals surface area contributed by atoms with E-state index in [0.717, 1.165) is 0 Å². The number of carbonyl (C=O) groups is 2. The van der Waals surface area contributed by atoms with Gasteiger partial charge >= 0.3 is 0 Å². The minimum absolute atomic E-state index is 0.215. The Morgan fingerprint density at radius 3 is 2.46 bits per heavy atom. The second-order valence-electron chi connectivity index (χ2n) is 5.81. The van der Waals surface area contributed by atoms with Gasteiger partial charge in [0.1, 0.15) is 6.04 Å². The fourth-order valence-electron chi connectivity index (χ4n) is 3.00. The van der Waals surface area contributed by atoms with Gasteiger partial charge < -0.3 is 19.7 Å². The monoisotopic (exact) mass is 374 g/mol. The Morgan fingerprint density at radius 2 is 1.81 bits per heavy atom. The first-order valence-corrected chi connectivity index (χ1v) is 8.49. The Labute approximate surface area is 156 Å². The molecule has 2 aromatic rings. The van der Waals surface area contributed by atoms with Gasteiger partial charge in [0, 0.05) is 23.7 Å². The normalized spacial score (nSPS) is 16.8. The lowest BCUT2D eigenvalue weighted by molar-refractivity contribution is -0.128. The van der Waals surface area contributed by atoms with Crippen molar-refractivity contribution in [3.8, 4) is 11.5 Å². The van der Waals surface area contributed by atoms with Crippen molar-refractivity contribution in [2.45, 2.75) is 6.04 Å². The molecule has 0 aromatic heterocycles. The Hall–Kier alpha value is -2.73. The minimum atomic E-state index is -0.707. The van der Waals surface area contributed by atoms with Crippen LogP contribution in [0.4, 0.5) is 0 Å². The average molecular weight is 375 g/mol. The van der Waals surface area contributed by atoms with E-state index in [1.807, 2.05) is 0 Å². The van der Waals surface area contributed by atoms with E-state index in [9.17, 15) is 9.59 Å². The number of ether oxygens (including phenoxy) is 2. The SMILES string of the molecule is COc1ccc(C(=O)N2CCNC(=O)C2c2ccc(Cl)cc2)cc1OC. The number of methoxy groups -OCH3 is 2. The van der Waals surface area contributed by atoms with Crippen molar-refractivity contribution >= 4 is 23.4 Å². The molecule has 0 radical (unpaired) electrons. The Balaban J connectivity index is 1.95. The van der Waals surface area contributed by atoms with Gasteiger partial charge in [-0.3, -0.25) is 9.59 Å². The molecule has 0 spiro atoms. The zero-order valence-corrected chi connectivity index (χ0v) is 15.2. The maximum atomic E-state index is 13.1. The Bertz CT molecular complexity index is 823. The quantitative estimate of drug-likeness (QED) is 0.893. The van der Waals surface area contributed by atoms with Crippen molar-refractivity contribution in [2.24, 2.45) is 0 Å². The lowest BCUT2D eigenvalue weighted by Crippen LogP contribution is -2.52. The zero-order valence-electron chi connectivity index (χ0n) is 14.5. The summed E-state index contributed by atoms with van der Waals surface area (Å²) in [4.78, 5) is 27.1. The van der Waals surface area contributed by atoms with Gasteiger partial charge in [0.05, 0.1) is 14.2 Å². The molecule has 1 unspecified atom stereocenters. The summed E-state index contributed by atoms with van der Waals surface area (Å²) in [6, 6.07) is 11.2. The lowest BCUT2D eigenvalue weighted by atomic mass is 10.0. The molecule has 1 fully saturated rings. The van der Waals surface area contributed by atoms with Crippen molar-refractivity contribution in [3.05, 3.63) is 58.6 Å². The van der Waals surface area contributed by atoms with Crippen molar-refractivity contribution in [2.75, 3.05) is 27.3 Å². The number of rotatable bonds is 4. The van der Waals surface area contributed by atoms with E-state index in [2.05, 4.69) is 5.32 Å². The van der Waals surface area contributed by atoms with Gasteiger partial charge in [0.25, 0.3) is 5.91 Å². The minimum Gasteiger partial charge on any atom is -0.493 e. The number of amides is 2. The van der Waals surface area contributed by atoms with E-state index >= 15 is 0 Å². The summed E-state index contributed by atoms with van der Waals surface area (Å²) in [6.07, 6.45) is 0. The van der Waals surface area contributed by atoms with Crippen LogP contribution < -0.4 is 14.8 Å². The Kier molecular flexibility index (Phi) is 5.32. The molecule has 2 amide bonds.